The Labute approximate surface area is 139 Å². The smallest absolute Gasteiger partial charge is 0.183 e. The van der Waals surface area contributed by atoms with E-state index < -0.39 is 0 Å². The van der Waals surface area contributed by atoms with Crippen molar-refractivity contribution in [1.29, 1.82) is 0 Å². The number of benzene rings is 3. The van der Waals surface area contributed by atoms with Crippen LogP contribution in [0.2, 0.25) is 0 Å². The third-order valence-corrected chi connectivity index (χ3v) is 4.25. The van der Waals surface area contributed by atoms with Crippen LogP contribution in [0.5, 0.6) is 0 Å². The number of imidazole rings is 1. The van der Waals surface area contributed by atoms with Crippen LogP contribution >= 0.6 is 12.2 Å². The molecule has 4 aromatic rings. The second kappa shape index (κ2) is 5.48. The summed E-state index contributed by atoms with van der Waals surface area (Å²) >= 11 is 5.65. The second-order valence-electron chi connectivity index (χ2n) is 5.44. The molecule has 0 spiro atoms. The van der Waals surface area contributed by atoms with Crippen molar-refractivity contribution in [1.82, 2.24) is 9.55 Å². The largest absolute Gasteiger partial charge is 0.331 e. The summed E-state index contributed by atoms with van der Waals surface area (Å²) in [6.07, 6.45) is 0. The van der Waals surface area contributed by atoms with Crippen molar-refractivity contribution in [3.63, 3.8) is 0 Å². The van der Waals surface area contributed by atoms with E-state index in [9.17, 15) is 0 Å². The van der Waals surface area contributed by atoms with Crippen molar-refractivity contribution < 1.29 is 0 Å². The molecular formula is C19H15N3S. The average molecular weight is 317 g/mol. The van der Waals surface area contributed by atoms with Crippen LogP contribution in [0.25, 0.3) is 21.8 Å². The number of thiocarbonyl (C=S) groups is 1. The fourth-order valence-electron chi connectivity index (χ4n) is 2.91. The minimum Gasteiger partial charge on any atom is -0.331 e. The minimum atomic E-state index is 0.632. The first-order valence-corrected chi connectivity index (χ1v) is 7.88. The van der Waals surface area contributed by atoms with Crippen molar-refractivity contribution in [2.24, 2.45) is 0 Å². The molecule has 0 radical (unpaired) electrons. The van der Waals surface area contributed by atoms with Gasteiger partial charge in [0, 0.05) is 11.1 Å². The number of nitrogens with one attached hydrogen (secondary N) is 1. The number of hydrogen-bond acceptors (Lipinski definition) is 2. The van der Waals surface area contributed by atoms with Crippen molar-refractivity contribution in [2.45, 2.75) is 6.92 Å². The molecule has 112 valence electrons. The van der Waals surface area contributed by atoms with Crippen LogP contribution in [-0.4, -0.2) is 14.7 Å². The zero-order valence-electron chi connectivity index (χ0n) is 12.7. The van der Waals surface area contributed by atoms with Crippen LogP contribution in [0, 0.1) is 6.92 Å². The van der Waals surface area contributed by atoms with Crippen LogP contribution < -0.4 is 5.32 Å². The monoisotopic (exact) mass is 317 g/mol. The first-order valence-electron chi connectivity index (χ1n) is 7.47. The molecule has 3 nitrogen and oxygen atoms in total. The Kier molecular flexibility index (Phi) is 3.32. The third kappa shape index (κ3) is 2.37. The van der Waals surface area contributed by atoms with Crippen LogP contribution in [0.1, 0.15) is 5.82 Å². The maximum atomic E-state index is 5.65. The molecule has 3 aromatic carbocycles. The highest BCUT2D eigenvalue weighted by Crippen LogP contribution is 2.24. The number of rotatable bonds is 1. The SMILES string of the molecule is Cc1nc2ccccc2n1C(=S)Nc1cccc2ccccc12. The van der Waals surface area contributed by atoms with Gasteiger partial charge in [-0.1, -0.05) is 48.5 Å². The first-order chi connectivity index (χ1) is 11.2. The Bertz CT molecular complexity index is 1030. The zero-order chi connectivity index (χ0) is 15.8. The standard InChI is InChI=1S/C19H15N3S/c1-13-20-17-10-4-5-12-18(17)22(13)19(23)21-16-11-6-8-14-7-2-3-9-15(14)16/h2-12H,1H3,(H,21,23). The fourth-order valence-corrected chi connectivity index (χ4v) is 3.25. The number of aromatic nitrogens is 2. The van der Waals surface area contributed by atoms with Crippen molar-refractivity contribution in [3.8, 4) is 0 Å². The molecule has 0 aliphatic carbocycles. The predicted molar refractivity (Wildman–Crippen MR) is 100 cm³/mol. The zero-order valence-corrected chi connectivity index (χ0v) is 13.5. The van der Waals surface area contributed by atoms with Gasteiger partial charge in [0.25, 0.3) is 0 Å². The van der Waals surface area contributed by atoms with Gasteiger partial charge in [-0.15, -0.1) is 0 Å². The van der Waals surface area contributed by atoms with Gasteiger partial charge >= 0.3 is 0 Å². The minimum absolute atomic E-state index is 0.632. The van der Waals surface area contributed by atoms with Gasteiger partial charge in [0.15, 0.2) is 5.11 Å². The lowest BCUT2D eigenvalue weighted by Gasteiger charge is -2.13. The maximum Gasteiger partial charge on any atom is 0.183 e. The molecular weight excluding hydrogens is 302 g/mol. The topological polar surface area (TPSA) is 29.9 Å². The molecule has 1 heterocycles. The molecule has 1 N–H and O–H groups in total. The number of para-hydroxylation sites is 2. The summed E-state index contributed by atoms with van der Waals surface area (Å²) in [6.45, 7) is 1.97. The maximum absolute atomic E-state index is 5.65. The molecule has 4 rings (SSSR count). The fraction of sp³-hybridized carbons (Fsp3) is 0.0526. The molecule has 0 amide bonds. The number of nitrogens with zero attached hydrogens (tertiary/aromatic N) is 2. The number of fused-ring (bicyclic) bond motifs is 2. The molecule has 0 aliphatic heterocycles. The lowest BCUT2D eigenvalue weighted by molar-refractivity contribution is 1.06. The average Bonchev–Trinajstić information content (AvgIpc) is 2.91. The molecule has 4 heteroatoms. The van der Waals surface area contributed by atoms with Gasteiger partial charge in [-0.2, -0.15) is 0 Å². The van der Waals surface area contributed by atoms with Crippen molar-refractivity contribution >= 4 is 44.8 Å². The summed E-state index contributed by atoms with van der Waals surface area (Å²) in [7, 11) is 0. The van der Waals surface area contributed by atoms with E-state index in [2.05, 4.69) is 28.5 Å². The van der Waals surface area contributed by atoms with Crippen molar-refractivity contribution in [3.05, 3.63) is 72.6 Å². The van der Waals surface area contributed by atoms with Crippen LogP contribution in [-0.2, 0) is 0 Å². The molecule has 0 bridgehead atoms. The number of hydrogen-bond donors (Lipinski definition) is 1. The second-order valence-corrected chi connectivity index (χ2v) is 5.83. The summed E-state index contributed by atoms with van der Waals surface area (Å²) in [5.41, 5.74) is 2.97. The van der Waals surface area contributed by atoms with E-state index in [1.807, 2.05) is 60.0 Å². The van der Waals surface area contributed by atoms with Gasteiger partial charge < -0.3 is 5.32 Å². The summed E-state index contributed by atoms with van der Waals surface area (Å²) < 4.78 is 1.98. The first kappa shape index (κ1) is 13.9. The van der Waals surface area contributed by atoms with Gasteiger partial charge in [-0.3, -0.25) is 4.57 Å². The van der Waals surface area contributed by atoms with E-state index in [1.54, 1.807) is 0 Å². The van der Waals surface area contributed by atoms with Gasteiger partial charge in [-0.05, 0) is 42.7 Å². The van der Waals surface area contributed by atoms with E-state index in [4.69, 9.17) is 12.2 Å². The lowest BCUT2D eigenvalue weighted by atomic mass is 10.1. The Morgan fingerprint density at radius 3 is 2.61 bits per heavy atom. The molecule has 0 saturated heterocycles. The molecule has 0 unspecified atom stereocenters. The van der Waals surface area contributed by atoms with E-state index in [0.29, 0.717) is 5.11 Å². The van der Waals surface area contributed by atoms with E-state index in [-0.39, 0.29) is 0 Å². The van der Waals surface area contributed by atoms with Crippen molar-refractivity contribution in [2.75, 3.05) is 5.32 Å². The third-order valence-electron chi connectivity index (χ3n) is 3.96. The molecule has 0 atom stereocenters. The van der Waals surface area contributed by atoms with Gasteiger partial charge in [0.1, 0.15) is 5.82 Å². The number of aryl methyl sites for hydroxylation is 1. The molecule has 0 saturated carbocycles. The summed E-state index contributed by atoms with van der Waals surface area (Å²) in [6, 6.07) is 22.5. The quantitative estimate of drug-likeness (QED) is 0.514. The highest BCUT2D eigenvalue weighted by atomic mass is 32.1. The van der Waals surface area contributed by atoms with Crippen LogP contribution in [0.3, 0.4) is 0 Å². The normalized spacial score (nSPS) is 11.0. The van der Waals surface area contributed by atoms with E-state index >= 15 is 0 Å². The van der Waals surface area contributed by atoms with Crippen LogP contribution in [0.4, 0.5) is 5.69 Å². The Balaban J connectivity index is 1.78. The van der Waals surface area contributed by atoms with E-state index in [1.165, 1.54) is 5.39 Å². The molecule has 0 aliphatic rings. The summed E-state index contributed by atoms with van der Waals surface area (Å²) in [5, 5.41) is 6.35. The molecule has 0 fully saturated rings. The summed E-state index contributed by atoms with van der Waals surface area (Å²) in [5.74, 6) is 0.879. The highest BCUT2D eigenvalue weighted by molar-refractivity contribution is 7.80. The lowest BCUT2D eigenvalue weighted by Crippen LogP contribution is -2.20. The Morgan fingerprint density at radius 1 is 0.957 bits per heavy atom. The van der Waals surface area contributed by atoms with Gasteiger partial charge in [0.2, 0.25) is 0 Å². The Hall–Kier alpha value is -2.72. The number of anilines is 1. The molecule has 1 aromatic heterocycles. The predicted octanol–water partition coefficient (Wildman–Crippen LogP) is 4.74. The van der Waals surface area contributed by atoms with Gasteiger partial charge in [-0.25, -0.2) is 4.98 Å². The van der Waals surface area contributed by atoms with Gasteiger partial charge in [0.05, 0.1) is 11.0 Å². The highest BCUT2D eigenvalue weighted by Gasteiger charge is 2.11. The Morgan fingerprint density at radius 2 is 1.70 bits per heavy atom. The summed E-state index contributed by atoms with van der Waals surface area (Å²) in [4.78, 5) is 4.57. The van der Waals surface area contributed by atoms with Crippen LogP contribution in [0.15, 0.2) is 66.7 Å². The molecule has 23 heavy (non-hydrogen) atoms. The van der Waals surface area contributed by atoms with E-state index in [0.717, 1.165) is 27.9 Å².